The first-order valence-electron chi connectivity index (χ1n) is 7.10. The number of anilines is 2. The van der Waals surface area contributed by atoms with Crippen molar-refractivity contribution in [2.45, 2.75) is 12.2 Å². The molecule has 2 aromatic carbocycles. The molecule has 0 saturated heterocycles. The average molecular weight is 294 g/mol. The summed E-state index contributed by atoms with van der Waals surface area (Å²) in [6.45, 7) is 0. The van der Waals surface area contributed by atoms with Crippen LogP contribution in [0.15, 0.2) is 72.8 Å². The van der Waals surface area contributed by atoms with E-state index in [1.807, 2.05) is 48.6 Å². The molecule has 4 heteroatoms. The van der Waals surface area contributed by atoms with Crippen molar-refractivity contribution >= 4 is 11.4 Å². The lowest BCUT2D eigenvalue weighted by Gasteiger charge is -2.31. The van der Waals surface area contributed by atoms with Crippen molar-refractivity contribution < 1.29 is 9.47 Å². The van der Waals surface area contributed by atoms with E-state index in [9.17, 15) is 0 Å². The Bertz CT molecular complexity index is 627. The summed E-state index contributed by atoms with van der Waals surface area (Å²) >= 11 is 0. The molecule has 0 spiro atoms. The summed E-state index contributed by atoms with van der Waals surface area (Å²) in [5.41, 5.74) is 12.8. The monoisotopic (exact) mass is 294 g/mol. The smallest absolute Gasteiger partial charge is 0.291 e. The van der Waals surface area contributed by atoms with Gasteiger partial charge in [0.25, 0.3) is 5.79 Å². The third-order valence-electron chi connectivity index (χ3n) is 3.29. The zero-order valence-corrected chi connectivity index (χ0v) is 12.1. The van der Waals surface area contributed by atoms with Gasteiger partial charge in [0.15, 0.2) is 0 Å². The molecular formula is C18H18N2O2. The van der Waals surface area contributed by atoms with Crippen LogP contribution in [0.5, 0.6) is 11.5 Å². The van der Waals surface area contributed by atoms with Gasteiger partial charge in [0, 0.05) is 23.5 Å². The highest BCUT2D eigenvalue weighted by molar-refractivity contribution is 5.43. The van der Waals surface area contributed by atoms with Gasteiger partial charge in [-0.3, -0.25) is 0 Å². The van der Waals surface area contributed by atoms with Gasteiger partial charge in [-0.05, 0) is 55.0 Å². The summed E-state index contributed by atoms with van der Waals surface area (Å²) in [5, 5.41) is 0. The Labute approximate surface area is 129 Å². The zero-order valence-electron chi connectivity index (χ0n) is 12.1. The van der Waals surface area contributed by atoms with Crippen LogP contribution >= 0.6 is 0 Å². The number of nitrogens with two attached hydrogens (primary N) is 2. The molecule has 0 heterocycles. The van der Waals surface area contributed by atoms with Crippen molar-refractivity contribution in [2.24, 2.45) is 0 Å². The van der Waals surface area contributed by atoms with Crippen LogP contribution in [-0.4, -0.2) is 5.79 Å². The van der Waals surface area contributed by atoms with E-state index in [4.69, 9.17) is 20.9 Å². The fourth-order valence-electron chi connectivity index (χ4n) is 2.20. The second-order valence-electron chi connectivity index (χ2n) is 5.10. The van der Waals surface area contributed by atoms with Crippen LogP contribution in [0, 0.1) is 0 Å². The summed E-state index contributed by atoms with van der Waals surface area (Å²) in [7, 11) is 0. The topological polar surface area (TPSA) is 70.5 Å². The van der Waals surface area contributed by atoms with Crippen molar-refractivity contribution in [3.8, 4) is 11.5 Å². The van der Waals surface area contributed by atoms with Crippen molar-refractivity contribution in [2.75, 3.05) is 11.5 Å². The maximum absolute atomic E-state index is 6.05. The van der Waals surface area contributed by atoms with Crippen LogP contribution in [-0.2, 0) is 0 Å². The van der Waals surface area contributed by atoms with E-state index in [0.717, 1.165) is 6.42 Å². The maximum Gasteiger partial charge on any atom is 0.291 e. The van der Waals surface area contributed by atoms with E-state index in [0.29, 0.717) is 22.9 Å². The first-order valence-corrected chi connectivity index (χ1v) is 7.10. The van der Waals surface area contributed by atoms with Crippen molar-refractivity contribution in [1.29, 1.82) is 0 Å². The van der Waals surface area contributed by atoms with E-state index < -0.39 is 5.79 Å². The molecule has 112 valence electrons. The predicted molar refractivity (Wildman–Crippen MR) is 88.6 cm³/mol. The lowest BCUT2D eigenvalue weighted by Crippen LogP contribution is -2.39. The van der Waals surface area contributed by atoms with Crippen molar-refractivity contribution in [3.05, 3.63) is 72.8 Å². The van der Waals surface area contributed by atoms with Crippen LogP contribution in [0.2, 0.25) is 0 Å². The summed E-state index contributed by atoms with van der Waals surface area (Å²) in [5.74, 6) is 0.395. The molecule has 22 heavy (non-hydrogen) atoms. The van der Waals surface area contributed by atoms with Crippen molar-refractivity contribution in [1.82, 2.24) is 0 Å². The molecule has 1 aliphatic carbocycles. The first-order chi connectivity index (χ1) is 10.7. The number of allylic oxidation sites excluding steroid dienone is 2. The fourth-order valence-corrected chi connectivity index (χ4v) is 2.20. The number of hydrogen-bond donors (Lipinski definition) is 2. The van der Waals surface area contributed by atoms with E-state index in [1.165, 1.54) is 0 Å². The first kappa shape index (κ1) is 14.1. The third-order valence-corrected chi connectivity index (χ3v) is 3.29. The molecule has 0 aromatic heterocycles. The lowest BCUT2D eigenvalue weighted by atomic mass is 10.1. The summed E-state index contributed by atoms with van der Waals surface area (Å²) < 4.78 is 12.1. The lowest BCUT2D eigenvalue weighted by molar-refractivity contribution is -0.0288. The van der Waals surface area contributed by atoms with Crippen LogP contribution in [0.25, 0.3) is 0 Å². The van der Waals surface area contributed by atoms with E-state index in [1.54, 1.807) is 24.3 Å². The zero-order chi connectivity index (χ0) is 15.4. The van der Waals surface area contributed by atoms with Crippen LogP contribution < -0.4 is 20.9 Å². The molecule has 0 saturated carbocycles. The molecule has 0 amide bonds. The van der Waals surface area contributed by atoms with Gasteiger partial charge >= 0.3 is 0 Å². The number of nitrogen functional groups attached to an aromatic ring is 2. The quantitative estimate of drug-likeness (QED) is 0.514. The summed E-state index contributed by atoms with van der Waals surface area (Å²) in [4.78, 5) is 0. The molecule has 0 unspecified atom stereocenters. The second kappa shape index (κ2) is 5.85. The van der Waals surface area contributed by atoms with Crippen LogP contribution in [0.3, 0.4) is 0 Å². The fraction of sp³-hybridized carbons (Fsp3) is 0.111. The third kappa shape index (κ3) is 3.23. The predicted octanol–water partition coefficient (Wildman–Crippen LogP) is 3.52. The van der Waals surface area contributed by atoms with Gasteiger partial charge in [-0.15, -0.1) is 0 Å². The molecule has 3 rings (SSSR count). The molecule has 2 aromatic rings. The standard InChI is InChI=1S/C18H18N2O2/c19-14-4-8-16(9-5-14)21-18(12-2-1-3-13-18)22-17-10-6-15(20)7-11-17/h2-13H,1,19-20H2. The molecule has 0 atom stereocenters. The van der Waals surface area contributed by atoms with Crippen molar-refractivity contribution in [3.63, 3.8) is 0 Å². The van der Waals surface area contributed by atoms with Gasteiger partial charge < -0.3 is 20.9 Å². The Balaban J connectivity index is 1.86. The normalized spacial score (nSPS) is 15.5. The number of benzene rings is 2. The summed E-state index contributed by atoms with van der Waals surface area (Å²) in [6.07, 6.45) is 8.68. The Morgan fingerprint density at radius 2 is 1.09 bits per heavy atom. The Hall–Kier alpha value is -2.88. The molecule has 1 aliphatic rings. The van der Waals surface area contributed by atoms with Gasteiger partial charge in [0.2, 0.25) is 0 Å². The van der Waals surface area contributed by atoms with Gasteiger partial charge in [-0.2, -0.15) is 0 Å². The van der Waals surface area contributed by atoms with E-state index in [-0.39, 0.29) is 0 Å². The SMILES string of the molecule is Nc1ccc(OC2(Oc3ccc(N)cc3)C=CCC=C2)cc1. The molecule has 4 nitrogen and oxygen atoms in total. The number of rotatable bonds is 4. The molecule has 4 N–H and O–H groups in total. The summed E-state index contributed by atoms with van der Waals surface area (Å²) in [6, 6.07) is 14.5. The maximum atomic E-state index is 6.05. The minimum Gasteiger partial charge on any atom is -0.445 e. The molecule has 0 bridgehead atoms. The second-order valence-corrected chi connectivity index (χ2v) is 5.10. The van der Waals surface area contributed by atoms with Crippen LogP contribution in [0.1, 0.15) is 6.42 Å². The Kier molecular flexibility index (Phi) is 3.74. The largest absolute Gasteiger partial charge is 0.445 e. The van der Waals surface area contributed by atoms with Gasteiger partial charge in [0.05, 0.1) is 0 Å². The van der Waals surface area contributed by atoms with Gasteiger partial charge in [-0.1, -0.05) is 12.2 Å². The Morgan fingerprint density at radius 3 is 1.50 bits per heavy atom. The molecule has 0 aliphatic heterocycles. The Morgan fingerprint density at radius 1 is 0.682 bits per heavy atom. The average Bonchev–Trinajstić information content (AvgIpc) is 2.53. The number of hydrogen-bond acceptors (Lipinski definition) is 4. The minimum absolute atomic E-state index is 0.681. The van der Waals surface area contributed by atoms with E-state index in [2.05, 4.69) is 0 Å². The van der Waals surface area contributed by atoms with E-state index >= 15 is 0 Å². The molecular weight excluding hydrogens is 276 g/mol. The highest BCUT2D eigenvalue weighted by Gasteiger charge is 2.30. The van der Waals surface area contributed by atoms with Crippen LogP contribution in [0.4, 0.5) is 11.4 Å². The highest BCUT2D eigenvalue weighted by Crippen LogP contribution is 2.28. The molecule has 0 fully saturated rings. The van der Waals surface area contributed by atoms with Gasteiger partial charge in [0.1, 0.15) is 11.5 Å². The highest BCUT2D eigenvalue weighted by atomic mass is 16.7. The van der Waals surface area contributed by atoms with Gasteiger partial charge in [-0.25, -0.2) is 0 Å². The minimum atomic E-state index is -0.968. The number of ether oxygens (including phenoxy) is 2. The molecule has 0 radical (unpaired) electrons.